The van der Waals surface area contributed by atoms with Gasteiger partial charge in [-0.3, -0.25) is 10.1 Å². The zero-order valence-electron chi connectivity index (χ0n) is 10.7. The van der Waals surface area contributed by atoms with E-state index in [1.165, 1.54) is 0 Å². The first-order chi connectivity index (χ1) is 8.72. The van der Waals surface area contributed by atoms with Crippen LogP contribution in [0.3, 0.4) is 0 Å². The van der Waals surface area contributed by atoms with Crippen LogP contribution >= 0.6 is 11.8 Å². The summed E-state index contributed by atoms with van der Waals surface area (Å²) in [5.74, 6) is 2.69. The van der Waals surface area contributed by atoms with Gasteiger partial charge in [-0.15, -0.1) is 11.8 Å². The van der Waals surface area contributed by atoms with Crippen LogP contribution in [0.25, 0.3) is 0 Å². The van der Waals surface area contributed by atoms with E-state index in [9.17, 15) is 4.79 Å². The largest absolute Gasteiger partial charge is 0.496 e. The summed E-state index contributed by atoms with van der Waals surface area (Å²) < 4.78 is 5.29. The topological polar surface area (TPSA) is 41.6 Å². The van der Waals surface area contributed by atoms with Crippen LogP contribution in [-0.2, 0) is 11.3 Å². The fourth-order valence-electron chi connectivity index (χ4n) is 1.99. The molecule has 1 saturated heterocycles. The van der Waals surface area contributed by atoms with Gasteiger partial charge < -0.3 is 9.64 Å². The molecule has 98 valence electrons. The highest BCUT2D eigenvalue weighted by atomic mass is 32.2. The third kappa shape index (κ3) is 2.97. The predicted octanol–water partition coefficient (Wildman–Crippen LogP) is 1.32. The molecule has 2 rings (SSSR count). The lowest BCUT2D eigenvalue weighted by atomic mass is 10.2. The number of carbonyl (C=O) groups is 1. The highest BCUT2D eigenvalue weighted by molar-refractivity contribution is 7.99. The first kappa shape index (κ1) is 13.2. The Bertz CT molecular complexity index is 419. The van der Waals surface area contributed by atoms with Gasteiger partial charge in [-0.2, -0.15) is 0 Å². The minimum atomic E-state index is -0.0466. The van der Waals surface area contributed by atoms with Crippen molar-refractivity contribution in [2.45, 2.75) is 12.6 Å². The van der Waals surface area contributed by atoms with Crippen LogP contribution < -0.4 is 10.1 Å². The van der Waals surface area contributed by atoms with Crippen molar-refractivity contribution in [3.8, 4) is 5.75 Å². The van der Waals surface area contributed by atoms with Crippen LogP contribution in [0.15, 0.2) is 24.3 Å². The molecule has 1 aromatic carbocycles. The lowest BCUT2D eigenvalue weighted by Crippen LogP contribution is -2.42. The number of likely N-dealkylation sites (N-methyl/N-ethyl adjacent to an activating group) is 1. The standard InChI is InChI=1S/C13H18N2O2S/c1-15(13(16)11-8-18-9-14-11)7-10-5-3-4-6-12(10)17-2/h3-6,11,14H,7-9H2,1-2H3/t11-/m0/s1. The molecule has 0 saturated carbocycles. The van der Waals surface area contributed by atoms with Gasteiger partial charge in [0.2, 0.25) is 5.91 Å². The van der Waals surface area contributed by atoms with Gasteiger partial charge in [0.25, 0.3) is 0 Å². The fourth-order valence-corrected chi connectivity index (χ4v) is 2.92. The lowest BCUT2D eigenvalue weighted by molar-refractivity contribution is -0.131. The SMILES string of the molecule is COc1ccccc1CN(C)C(=O)[C@@H]1CSCN1. The Balaban J connectivity index is 2.01. The van der Waals surface area contributed by atoms with Crippen LogP contribution in [0, 0.1) is 0 Å². The monoisotopic (exact) mass is 266 g/mol. The molecule has 0 radical (unpaired) electrons. The molecule has 1 aliphatic rings. The van der Waals surface area contributed by atoms with Crippen molar-refractivity contribution < 1.29 is 9.53 Å². The molecule has 1 fully saturated rings. The number of hydrogen-bond donors (Lipinski definition) is 1. The molecule has 4 nitrogen and oxygen atoms in total. The lowest BCUT2D eigenvalue weighted by Gasteiger charge is -2.21. The number of rotatable bonds is 4. The number of nitrogens with one attached hydrogen (secondary N) is 1. The molecule has 18 heavy (non-hydrogen) atoms. The summed E-state index contributed by atoms with van der Waals surface area (Å²) in [5, 5.41) is 3.19. The van der Waals surface area contributed by atoms with Crippen LogP contribution in [-0.4, -0.2) is 42.6 Å². The van der Waals surface area contributed by atoms with E-state index < -0.39 is 0 Å². The minimum Gasteiger partial charge on any atom is -0.496 e. The van der Waals surface area contributed by atoms with Crippen LogP contribution in [0.5, 0.6) is 5.75 Å². The molecular weight excluding hydrogens is 248 g/mol. The molecule has 0 bridgehead atoms. The Morgan fingerprint density at radius 3 is 3.00 bits per heavy atom. The highest BCUT2D eigenvalue weighted by Crippen LogP contribution is 2.19. The number of nitrogens with zero attached hydrogens (tertiary/aromatic N) is 1. The molecule has 1 atom stereocenters. The summed E-state index contributed by atoms with van der Waals surface area (Å²) in [7, 11) is 3.48. The van der Waals surface area contributed by atoms with Crippen molar-refractivity contribution >= 4 is 17.7 Å². The van der Waals surface area contributed by atoms with Gasteiger partial charge in [-0.25, -0.2) is 0 Å². The zero-order chi connectivity index (χ0) is 13.0. The van der Waals surface area contributed by atoms with Crippen LogP contribution in [0.2, 0.25) is 0 Å². The number of methoxy groups -OCH3 is 1. The predicted molar refractivity (Wildman–Crippen MR) is 73.7 cm³/mol. The molecular formula is C13H18N2O2S. The normalized spacial score (nSPS) is 18.7. The molecule has 1 N–H and O–H groups in total. The quantitative estimate of drug-likeness (QED) is 0.892. The Labute approximate surface area is 112 Å². The van der Waals surface area contributed by atoms with Crippen LogP contribution in [0.1, 0.15) is 5.56 Å². The van der Waals surface area contributed by atoms with E-state index in [1.807, 2.05) is 31.3 Å². The second kappa shape index (κ2) is 6.11. The molecule has 1 amide bonds. The average molecular weight is 266 g/mol. The van der Waals surface area contributed by atoms with E-state index in [0.29, 0.717) is 6.54 Å². The average Bonchev–Trinajstić information content (AvgIpc) is 2.92. The van der Waals surface area contributed by atoms with Crippen molar-refractivity contribution in [2.24, 2.45) is 0 Å². The summed E-state index contributed by atoms with van der Waals surface area (Å²) in [5.41, 5.74) is 1.03. The van der Waals surface area contributed by atoms with Crippen molar-refractivity contribution in [3.63, 3.8) is 0 Å². The minimum absolute atomic E-state index is 0.0466. The second-order valence-electron chi connectivity index (χ2n) is 4.28. The summed E-state index contributed by atoms with van der Waals surface area (Å²) in [6, 6.07) is 7.74. The summed E-state index contributed by atoms with van der Waals surface area (Å²) in [6.07, 6.45) is 0. The van der Waals surface area contributed by atoms with Crippen LogP contribution in [0.4, 0.5) is 0 Å². The van der Waals surface area contributed by atoms with E-state index in [4.69, 9.17) is 4.74 Å². The number of amides is 1. The molecule has 1 aliphatic heterocycles. The van der Waals surface area contributed by atoms with E-state index in [-0.39, 0.29) is 11.9 Å². The van der Waals surface area contributed by atoms with Crippen molar-refractivity contribution in [1.82, 2.24) is 10.2 Å². The van der Waals surface area contributed by atoms with E-state index in [1.54, 1.807) is 23.8 Å². The number of benzene rings is 1. The van der Waals surface area contributed by atoms with Crippen molar-refractivity contribution in [3.05, 3.63) is 29.8 Å². The summed E-state index contributed by atoms with van der Waals surface area (Å²) >= 11 is 1.76. The second-order valence-corrected chi connectivity index (χ2v) is 5.31. The Kier molecular flexibility index (Phi) is 4.49. The van der Waals surface area contributed by atoms with Gasteiger partial charge in [0.05, 0.1) is 13.2 Å². The van der Waals surface area contributed by atoms with Gasteiger partial charge in [-0.1, -0.05) is 18.2 Å². The number of thioether (sulfide) groups is 1. The smallest absolute Gasteiger partial charge is 0.240 e. The van der Waals surface area contributed by atoms with E-state index in [0.717, 1.165) is 22.9 Å². The molecule has 0 unspecified atom stereocenters. The van der Waals surface area contributed by atoms with Gasteiger partial charge >= 0.3 is 0 Å². The van der Waals surface area contributed by atoms with Gasteiger partial charge in [0, 0.05) is 30.8 Å². The summed E-state index contributed by atoms with van der Waals surface area (Å²) in [4.78, 5) is 13.9. The van der Waals surface area contributed by atoms with E-state index >= 15 is 0 Å². The Morgan fingerprint density at radius 2 is 2.33 bits per heavy atom. The molecule has 0 aromatic heterocycles. The Hall–Kier alpha value is -1.20. The molecule has 5 heteroatoms. The number of ether oxygens (including phenoxy) is 1. The van der Waals surface area contributed by atoms with Crippen molar-refractivity contribution in [1.29, 1.82) is 0 Å². The van der Waals surface area contributed by atoms with Gasteiger partial charge in [-0.05, 0) is 6.07 Å². The number of para-hydroxylation sites is 1. The van der Waals surface area contributed by atoms with Gasteiger partial charge in [0.15, 0.2) is 0 Å². The zero-order valence-corrected chi connectivity index (χ0v) is 11.5. The molecule has 0 aliphatic carbocycles. The van der Waals surface area contributed by atoms with E-state index in [2.05, 4.69) is 5.32 Å². The maximum atomic E-state index is 12.2. The first-order valence-electron chi connectivity index (χ1n) is 5.90. The number of carbonyl (C=O) groups excluding carboxylic acids is 1. The maximum absolute atomic E-state index is 12.2. The Morgan fingerprint density at radius 1 is 1.56 bits per heavy atom. The van der Waals surface area contributed by atoms with Gasteiger partial charge in [0.1, 0.15) is 5.75 Å². The summed E-state index contributed by atoms with van der Waals surface area (Å²) in [6.45, 7) is 0.575. The highest BCUT2D eigenvalue weighted by Gasteiger charge is 2.25. The number of hydrogen-bond acceptors (Lipinski definition) is 4. The third-order valence-electron chi connectivity index (χ3n) is 2.99. The molecule has 0 spiro atoms. The maximum Gasteiger partial charge on any atom is 0.240 e. The fraction of sp³-hybridized carbons (Fsp3) is 0.462. The van der Waals surface area contributed by atoms with Crippen molar-refractivity contribution in [2.75, 3.05) is 25.8 Å². The first-order valence-corrected chi connectivity index (χ1v) is 7.06. The third-order valence-corrected chi connectivity index (χ3v) is 3.93. The molecule has 1 heterocycles. The molecule has 1 aromatic rings.